The fourth-order valence-electron chi connectivity index (χ4n) is 0.948. The van der Waals surface area contributed by atoms with Crippen LogP contribution in [0, 0.1) is 18.2 Å². The first kappa shape index (κ1) is 9.34. The van der Waals surface area contributed by atoms with Crippen molar-refractivity contribution in [2.45, 2.75) is 6.10 Å². The minimum absolute atomic E-state index is 0.293. The van der Waals surface area contributed by atoms with Crippen LogP contribution in [0.1, 0.15) is 11.7 Å². The molecule has 0 heterocycles. The van der Waals surface area contributed by atoms with E-state index in [0.717, 1.165) is 5.56 Å². The Kier molecular flexibility index (Phi) is 3.10. The van der Waals surface area contributed by atoms with Crippen LogP contribution in [0.4, 0.5) is 4.39 Å². The Morgan fingerprint density at radius 3 is 2.54 bits per heavy atom. The highest BCUT2D eigenvalue weighted by Crippen LogP contribution is 2.16. The van der Waals surface area contributed by atoms with E-state index in [4.69, 9.17) is 11.2 Å². The number of rotatable bonds is 3. The zero-order valence-electron chi connectivity index (χ0n) is 7.03. The molecule has 66 valence electrons. The lowest BCUT2D eigenvalue weighted by molar-refractivity contribution is 0.199. The van der Waals surface area contributed by atoms with E-state index in [1.165, 1.54) is 18.4 Å². The number of ether oxygens (including phenoxy) is 1. The summed E-state index contributed by atoms with van der Waals surface area (Å²) in [5.41, 5.74) is 0.740. The van der Waals surface area contributed by atoms with Gasteiger partial charge in [0.2, 0.25) is 0 Å². The third-order valence-corrected chi connectivity index (χ3v) is 1.56. The van der Waals surface area contributed by atoms with Crippen LogP contribution >= 0.6 is 0 Å². The van der Waals surface area contributed by atoms with Crippen molar-refractivity contribution in [3.8, 4) is 12.3 Å². The Morgan fingerprint density at radius 1 is 1.46 bits per heavy atom. The standard InChI is InChI=1S/C11H9FO/c1-3-11(13-4-2)9-5-7-10(12)8-6-9/h1,4-8,11H,2H2. The summed E-state index contributed by atoms with van der Waals surface area (Å²) >= 11 is 0. The fraction of sp³-hybridized carbons (Fsp3) is 0.0909. The van der Waals surface area contributed by atoms with Crippen molar-refractivity contribution in [3.05, 3.63) is 48.5 Å². The van der Waals surface area contributed by atoms with Crippen LogP contribution in [0.5, 0.6) is 0 Å². The van der Waals surface area contributed by atoms with Crippen molar-refractivity contribution >= 4 is 0 Å². The van der Waals surface area contributed by atoms with E-state index in [2.05, 4.69) is 12.5 Å². The van der Waals surface area contributed by atoms with Crippen molar-refractivity contribution in [2.75, 3.05) is 0 Å². The number of terminal acetylenes is 1. The Bertz CT molecular complexity index is 321. The largest absolute Gasteiger partial charge is 0.481 e. The Balaban J connectivity index is 2.87. The van der Waals surface area contributed by atoms with Crippen LogP contribution in [0.2, 0.25) is 0 Å². The molecule has 1 unspecified atom stereocenters. The van der Waals surface area contributed by atoms with Gasteiger partial charge in [-0.05, 0) is 12.1 Å². The summed E-state index contributed by atoms with van der Waals surface area (Å²) in [5.74, 6) is 2.13. The maximum atomic E-state index is 12.5. The van der Waals surface area contributed by atoms with Gasteiger partial charge in [0.25, 0.3) is 0 Å². The summed E-state index contributed by atoms with van der Waals surface area (Å²) in [7, 11) is 0. The second-order valence-electron chi connectivity index (χ2n) is 2.40. The summed E-state index contributed by atoms with van der Waals surface area (Å²) in [4.78, 5) is 0. The fourth-order valence-corrected chi connectivity index (χ4v) is 0.948. The van der Waals surface area contributed by atoms with Crippen LogP contribution in [0.3, 0.4) is 0 Å². The molecule has 0 amide bonds. The van der Waals surface area contributed by atoms with Gasteiger partial charge in [-0.15, -0.1) is 6.42 Å². The van der Waals surface area contributed by atoms with E-state index in [1.54, 1.807) is 12.1 Å². The zero-order valence-corrected chi connectivity index (χ0v) is 7.03. The van der Waals surface area contributed by atoms with Crippen LogP contribution in [0.15, 0.2) is 37.1 Å². The summed E-state index contributed by atoms with van der Waals surface area (Å²) in [6, 6.07) is 5.85. The van der Waals surface area contributed by atoms with Crippen molar-refractivity contribution < 1.29 is 9.13 Å². The normalized spacial score (nSPS) is 11.4. The minimum atomic E-state index is -0.488. The van der Waals surface area contributed by atoms with Gasteiger partial charge in [-0.2, -0.15) is 0 Å². The number of halogens is 1. The van der Waals surface area contributed by atoms with Crippen molar-refractivity contribution in [2.24, 2.45) is 0 Å². The SMILES string of the molecule is C#CC(OC=C)c1ccc(F)cc1. The highest BCUT2D eigenvalue weighted by molar-refractivity contribution is 5.24. The summed E-state index contributed by atoms with van der Waals surface area (Å²) in [5, 5.41) is 0. The minimum Gasteiger partial charge on any atom is -0.481 e. The van der Waals surface area contributed by atoms with E-state index in [1.807, 2.05) is 0 Å². The molecule has 2 heteroatoms. The van der Waals surface area contributed by atoms with E-state index < -0.39 is 6.10 Å². The van der Waals surface area contributed by atoms with Gasteiger partial charge in [0.15, 0.2) is 6.10 Å². The molecule has 0 aliphatic heterocycles. The smallest absolute Gasteiger partial charge is 0.183 e. The molecule has 0 aliphatic carbocycles. The van der Waals surface area contributed by atoms with E-state index >= 15 is 0 Å². The third-order valence-electron chi connectivity index (χ3n) is 1.56. The zero-order chi connectivity index (χ0) is 9.68. The molecule has 1 atom stereocenters. The molecule has 1 rings (SSSR count). The molecule has 0 aliphatic rings. The molecule has 0 N–H and O–H groups in total. The van der Waals surface area contributed by atoms with E-state index in [-0.39, 0.29) is 5.82 Å². The monoisotopic (exact) mass is 176 g/mol. The number of hydrogen-bond acceptors (Lipinski definition) is 1. The lowest BCUT2D eigenvalue weighted by Crippen LogP contribution is -1.96. The van der Waals surface area contributed by atoms with Gasteiger partial charge < -0.3 is 4.74 Å². The Morgan fingerprint density at radius 2 is 2.08 bits per heavy atom. The quantitative estimate of drug-likeness (QED) is 0.508. The molecule has 1 aromatic rings. The molecule has 0 fully saturated rings. The maximum Gasteiger partial charge on any atom is 0.183 e. The second kappa shape index (κ2) is 4.32. The van der Waals surface area contributed by atoms with Crippen LogP contribution < -0.4 is 0 Å². The van der Waals surface area contributed by atoms with E-state index in [9.17, 15) is 4.39 Å². The van der Waals surface area contributed by atoms with Gasteiger partial charge in [0, 0.05) is 5.56 Å². The molecule has 0 saturated carbocycles. The molecule has 1 aromatic carbocycles. The molecular formula is C11H9FO. The van der Waals surface area contributed by atoms with Crippen LogP contribution in [0.25, 0.3) is 0 Å². The molecule has 13 heavy (non-hydrogen) atoms. The van der Waals surface area contributed by atoms with Gasteiger partial charge in [-0.25, -0.2) is 4.39 Å². The summed E-state index contributed by atoms with van der Waals surface area (Å²) < 4.78 is 17.5. The lowest BCUT2D eigenvalue weighted by atomic mass is 10.1. The second-order valence-corrected chi connectivity index (χ2v) is 2.40. The lowest BCUT2D eigenvalue weighted by Gasteiger charge is -2.09. The van der Waals surface area contributed by atoms with Gasteiger partial charge in [0.1, 0.15) is 5.82 Å². The first-order valence-electron chi connectivity index (χ1n) is 3.76. The number of benzene rings is 1. The van der Waals surface area contributed by atoms with E-state index in [0.29, 0.717) is 0 Å². The highest BCUT2D eigenvalue weighted by Gasteiger charge is 2.06. The summed E-state index contributed by atoms with van der Waals surface area (Å²) in [6.07, 6.45) is 6.00. The topological polar surface area (TPSA) is 9.23 Å². The highest BCUT2D eigenvalue weighted by atomic mass is 19.1. The molecule has 0 bridgehead atoms. The predicted octanol–water partition coefficient (Wildman–Crippen LogP) is 2.66. The predicted molar refractivity (Wildman–Crippen MR) is 49.3 cm³/mol. The molecule has 0 saturated heterocycles. The molecule has 0 spiro atoms. The van der Waals surface area contributed by atoms with Gasteiger partial charge in [-0.1, -0.05) is 24.6 Å². The van der Waals surface area contributed by atoms with Gasteiger partial charge in [0.05, 0.1) is 6.26 Å². The molecule has 1 nitrogen and oxygen atoms in total. The third kappa shape index (κ3) is 2.34. The van der Waals surface area contributed by atoms with Gasteiger partial charge >= 0.3 is 0 Å². The first-order valence-corrected chi connectivity index (χ1v) is 3.76. The van der Waals surface area contributed by atoms with Gasteiger partial charge in [-0.3, -0.25) is 0 Å². The first-order chi connectivity index (χ1) is 6.27. The van der Waals surface area contributed by atoms with Crippen LogP contribution in [-0.2, 0) is 4.74 Å². The molecular weight excluding hydrogens is 167 g/mol. The Labute approximate surface area is 76.8 Å². The molecule has 0 radical (unpaired) electrons. The average molecular weight is 176 g/mol. The average Bonchev–Trinajstić information content (AvgIpc) is 2.16. The number of hydrogen-bond donors (Lipinski definition) is 0. The van der Waals surface area contributed by atoms with Crippen molar-refractivity contribution in [1.82, 2.24) is 0 Å². The van der Waals surface area contributed by atoms with Crippen molar-refractivity contribution in [3.63, 3.8) is 0 Å². The molecule has 0 aromatic heterocycles. The summed E-state index contributed by atoms with van der Waals surface area (Å²) in [6.45, 7) is 3.40. The maximum absolute atomic E-state index is 12.5. The Hall–Kier alpha value is -1.75. The van der Waals surface area contributed by atoms with Crippen LogP contribution in [-0.4, -0.2) is 0 Å². The van der Waals surface area contributed by atoms with Crippen molar-refractivity contribution in [1.29, 1.82) is 0 Å².